The molecule has 100 valence electrons. The predicted molar refractivity (Wildman–Crippen MR) is 69.0 cm³/mol. The lowest BCUT2D eigenvalue weighted by Gasteiger charge is -2.21. The summed E-state index contributed by atoms with van der Waals surface area (Å²) in [5, 5.41) is 6.19. The summed E-state index contributed by atoms with van der Waals surface area (Å²) in [6.07, 6.45) is 8.79. The predicted octanol–water partition coefficient (Wildman–Crippen LogP) is 1.45. The zero-order chi connectivity index (χ0) is 12.3. The summed E-state index contributed by atoms with van der Waals surface area (Å²) in [7, 11) is 1.66. The van der Waals surface area contributed by atoms with Gasteiger partial charge in [0.15, 0.2) is 0 Å². The van der Waals surface area contributed by atoms with E-state index in [1.807, 2.05) is 0 Å². The molecule has 0 atom stereocenters. The molecule has 0 aromatic rings. The van der Waals surface area contributed by atoms with Gasteiger partial charge in [-0.05, 0) is 12.8 Å². The third kappa shape index (κ3) is 7.34. The van der Waals surface area contributed by atoms with Crippen molar-refractivity contribution in [2.45, 2.75) is 51.0 Å². The second kappa shape index (κ2) is 9.42. The highest BCUT2D eigenvalue weighted by Crippen LogP contribution is 2.16. The van der Waals surface area contributed by atoms with Gasteiger partial charge in [0.2, 0.25) is 5.91 Å². The molecule has 0 saturated heterocycles. The zero-order valence-corrected chi connectivity index (χ0v) is 11.0. The van der Waals surface area contributed by atoms with Gasteiger partial charge in [0.05, 0.1) is 13.2 Å². The van der Waals surface area contributed by atoms with Crippen LogP contribution in [0.5, 0.6) is 0 Å². The fourth-order valence-electron chi connectivity index (χ4n) is 2.26. The van der Waals surface area contributed by atoms with Gasteiger partial charge in [-0.1, -0.05) is 32.1 Å². The molecule has 0 unspecified atom stereocenters. The minimum atomic E-state index is 0.117. The van der Waals surface area contributed by atoms with Crippen LogP contribution in [0.2, 0.25) is 0 Å². The lowest BCUT2D eigenvalue weighted by atomic mass is 9.97. The first-order chi connectivity index (χ1) is 8.33. The standard InChI is InChI=1S/C13H26N2O2/c1-17-10-9-14-11-13(16)15-12-7-5-3-2-4-6-8-12/h12,14H,2-11H2,1H3,(H,15,16). The van der Waals surface area contributed by atoms with Crippen molar-refractivity contribution in [1.29, 1.82) is 0 Å². The Morgan fingerprint density at radius 2 is 1.82 bits per heavy atom. The maximum atomic E-state index is 11.7. The van der Waals surface area contributed by atoms with E-state index in [2.05, 4.69) is 10.6 Å². The smallest absolute Gasteiger partial charge is 0.234 e. The van der Waals surface area contributed by atoms with E-state index in [0.29, 0.717) is 19.2 Å². The van der Waals surface area contributed by atoms with Crippen LogP contribution in [0.1, 0.15) is 44.9 Å². The van der Waals surface area contributed by atoms with E-state index in [1.54, 1.807) is 7.11 Å². The molecule has 17 heavy (non-hydrogen) atoms. The van der Waals surface area contributed by atoms with E-state index in [4.69, 9.17) is 4.74 Å². The normalized spacial score (nSPS) is 18.4. The van der Waals surface area contributed by atoms with Crippen molar-refractivity contribution < 1.29 is 9.53 Å². The van der Waals surface area contributed by atoms with Crippen molar-refractivity contribution in [3.8, 4) is 0 Å². The van der Waals surface area contributed by atoms with Crippen LogP contribution in [0.4, 0.5) is 0 Å². The molecule has 0 heterocycles. The maximum absolute atomic E-state index is 11.7. The molecule has 1 aliphatic carbocycles. The molecule has 1 saturated carbocycles. The van der Waals surface area contributed by atoms with Gasteiger partial charge in [0, 0.05) is 19.7 Å². The summed E-state index contributed by atoms with van der Waals surface area (Å²) in [5.74, 6) is 0.117. The SMILES string of the molecule is COCCNCC(=O)NC1CCCCCCC1. The molecule has 0 aromatic heterocycles. The molecule has 1 aliphatic rings. The first-order valence-electron chi connectivity index (χ1n) is 6.82. The third-order valence-electron chi connectivity index (χ3n) is 3.24. The number of ether oxygens (including phenoxy) is 1. The summed E-state index contributed by atoms with van der Waals surface area (Å²) >= 11 is 0. The number of nitrogens with one attached hydrogen (secondary N) is 2. The topological polar surface area (TPSA) is 50.4 Å². The molecule has 4 heteroatoms. The van der Waals surface area contributed by atoms with E-state index in [0.717, 1.165) is 19.4 Å². The van der Waals surface area contributed by atoms with E-state index < -0.39 is 0 Å². The van der Waals surface area contributed by atoms with E-state index >= 15 is 0 Å². The van der Waals surface area contributed by atoms with Gasteiger partial charge in [-0.15, -0.1) is 0 Å². The summed E-state index contributed by atoms with van der Waals surface area (Å²) < 4.78 is 4.91. The van der Waals surface area contributed by atoms with Gasteiger partial charge in [-0.25, -0.2) is 0 Å². The largest absolute Gasteiger partial charge is 0.383 e. The van der Waals surface area contributed by atoms with Gasteiger partial charge in [-0.3, -0.25) is 4.79 Å². The van der Waals surface area contributed by atoms with Crippen LogP contribution in [0, 0.1) is 0 Å². The fourth-order valence-corrected chi connectivity index (χ4v) is 2.26. The Kier molecular flexibility index (Phi) is 8.01. The Balaban J connectivity index is 2.10. The van der Waals surface area contributed by atoms with Crippen LogP contribution in [-0.2, 0) is 9.53 Å². The first kappa shape index (κ1) is 14.5. The molecule has 0 radical (unpaired) electrons. The molecule has 0 aromatic carbocycles. The van der Waals surface area contributed by atoms with Crippen molar-refractivity contribution in [2.75, 3.05) is 26.8 Å². The van der Waals surface area contributed by atoms with Gasteiger partial charge >= 0.3 is 0 Å². The van der Waals surface area contributed by atoms with Crippen LogP contribution in [0.25, 0.3) is 0 Å². The third-order valence-corrected chi connectivity index (χ3v) is 3.24. The van der Waals surface area contributed by atoms with Gasteiger partial charge in [0.1, 0.15) is 0 Å². The fraction of sp³-hybridized carbons (Fsp3) is 0.923. The zero-order valence-electron chi connectivity index (χ0n) is 11.0. The highest BCUT2D eigenvalue weighted by atomic mass is 16.5. The van der Waals surface area contributed by atoms with Gasteiger partial charge < -0.3 is 15.4 Å². The molecule has 0 aliphatic heterocycles. The lowest BCUT2D eigenvalue weighted by molar-refractivity contribution is -0.121. The number of amides is 1. The van der Waals surface area contributed by atoms with E-state index in [9.17, 15) is 4.79 Å². The Labute approximate surface area is 104 Å². The lowest BCUT2D eigenvalue weighted by Crippen LogP contribution is -2.41. The summed E-state index contributed by atoms with van der Waals surface area (Å²) in [5.41, 5.74) is 0. The molecule has 0 bridgehead atoms. The summed E-state index contributed by atoms with van der Waals surface area (Å²) in [4.78, 5) is 11.7. The summed E-state index contributed by atoms with van der Waals surface area (Å²) in [6.45, 7) is 1.78. The molecule has 1 amide bonds. The number of carbonyl (C=O) groups is 1. The van der Waals surface area contributed by atoms with Gasteiger partial charge in [0.25, 0.3) is 0 Å². The first-order valence-corrected chi connectivity index (χ1v) is 6.82. The highest BCUT2D eigenvalue weighted by Gasteiger charge is 2.13. The number of methoxy groups -OCH3 is 1. The Bertz CT molecular complexity index is 202. The van der Waals surface area contributed by atoms with Crippen LogP contribution in [-0.4, -0.2) is 38.8 Å². The second-order valence-corrected chi connectivity index (χ2v) is 4.78. The highest BCUT2D eigenvalue weighted by molar-refractivity contribution is 5.78. The number of carbonyl (C=O) groups excluding carboxylic acids is 1. The van der Waals surface area contributed by atoms with Crippen molar-refractivity contribution in [3.05, 3.63) is 0 Å². The van der Waals surface area contributed by atoms with Crippen molar-refractivity contribution in [1.82, 2.24) is 10.6 Å². The van der Waals surface area contributed by atoms with Crippen LogP contribution in [0.15, 0.2) is 0 Å². The van der Waals surface area contributed by atoms with Crippen LogP contribution < -0.4 is 10.6 Å². The minimum Gasteiger partial charge on any atom is -0.383 e. The number of hydrogen-bond donors (Lipinski definition) is 2. The molecular weight excluding hydrogens is 216 g/mol. The Morgan fingerprint density at radius 1 is 1.18 bits per heavy atom. The monoisotopic (exact) mass is 242 g/mol. The van der Waals surface area contributed by atoms with Crippen molar-refractivity contribution in [3.63, 3.8) is 0 Å². The van der Waals surface area contributed by atoms with Crippen LogP contribution >= 0.6 is 0 Å². The second-order valence-electron chi connectivity index (χ2n) is 4.78. The molecule has 1 rings (SSSR count). The Morgan fingerprint density at radius 3 is 2.47 bits per heavy atom. The van der Waals surface area contributed by atoms with Crippen LogP contribution in [0.3, 0.4) is 0 Å². The minimum absolute atomic E-state index is 0.117. The Hall–Kier alpha value is -0.610. The quantitative estimate of drug-likeness (QED) is 0.693. The number of hydrogen-bond acceptors (Lipinski definition) is 3. The van der Waals surface area contributed by atoms with E-state index in [-0.39, 0.29) is 5.91 Å². The average Bonchev–Trinajstić information content (AvgIpc) is 2.28. The van der Waals surface area contributed by atoms with Gasteiger partial charge in [-0.2, -0.15) is 0 Å². The molecule has 2 N–H and O–H groups in total. The molecule has 1 fully saturated rings. The van der Waals surface area contributed by atoms with Crippen molar-refractivity contribution >= 4 is 5.91 Å². The van der Waals surface area contributed by atoms with Crippen molar-refractivity contribution in [2.24, 2.45) is 0 Å². The average molecular weight is 242 g/mol. The molecule has 4 nitrogen and oxygen atoms in total. The summed E-state index contributed by atoms with van der Waals surface area (Å²) in [6, 6.07) is 0.395. The van der Waals surface area contributed by atoms with E-state index in [1.165, 1.54) is 32.1 Å². The molecule has 0 spiro atoms. The number of rotatable bonds is 6. The maximum Gasteiger partial charge on any atom is 0.234 e. The molecular formula is C13H26N2O2.